The van der Waals surface area contributed by atoms with Gasteiger partial charge in [0.05, 0.1) is 6.54 Å². The van der Waals surface area contributed by atoms with Crippen LogP contribution in [0, 0.1) is 0 Å². The molecule has 4 heteroatoms. The molecule has 4 nitrogen and oxygen atoms in total. The largest absolute Gasteiger partial charge is 0.352 e. The number of nitrogens with one attached hydrogen (secondary N) is 1. The Labute approximate surface area is 98.6 Å². The quantitative estimate of drug-likeness (QED) is 0.703. The van der Waals surface area contributed by atoms with E-state index in [1.807, 2.05) is 18.9 Å². The standard InChI is InChI=1S/C12H25N3O/c1-10(13)7-8-15(2)9-12(16)14-11-5-3-4-6-11/h10-11H,3-9,13H2,1-2H3,(H,14,16). The summed E-state index contributed by atoms with van der Waals surface area (Å²) in [4.78, 5) is 13.7. The van der Waals surface area contributed by atoms with Crippen molar-refractivity contribution in [2.45, 2.75) is 51.1 Å². The molecule has 94 valence electrons. The lowest BCUT2D eigenvalue weighted by atomic mass is 10.2. The molecule has 0 heterocycles. The van der Waals surface area contributed by atoms with Gasteiger partial charge < -0.3 is 11.1 Å². The van der Waals surface area contributed by atoms with Crippen LogP contribution in [0.2, 0.25) is 0 Å². The van der Waals surface area contributed by atoms with E-state index in [1.165, 1.54) is 12.8 Å². The smallest absolute Gasteiger partial charge is 0.234 e. The maximum Gasteiger partial charge on any atom is 0.234 e. The van der Waals surface area contributed by atoms with E-state index in [4.69, 9.17) is 5.73 Å². The van der Waals surface area contributed by atoms with E-state index in [0.717, 1.165) is 25.8 Å². The first-order valence-corrected chi connectivity index (χ1v) is 6.31. The fourth-order valence-electron chi connectivity index (χ4n) is 2.09. The summed E-state index contributed by atoms with van der Waals surface area (Å²) < 4.78 is 0. The third-order valence-electron chi connectivity index (χ3n) is 3.10. The molecule has 0 spiro atoms. The molecule has 1 saturated carbocycles. The molecule has 1 atom stereocenters. The van der Waals surface area contributed by atoms with Crippen molar-refractivity contribution in [2.75, 3.05) is 20.1 Å². The van der Waals surface area contributed by atoms with Gasteiger partial charge in [-0.1, -0.05) is 12.8 Å². The lowest BCUT2D eigenvalue weighted by molar-refractivity contribution is -0.122. The van der Waals surface area contributed by atoms with Gasteiger partial charge in [-0.3, -0.25) is 9.69 Å². The zero-order valence-corrected chi connectivity index (χ0v) is 10.5. The van der Waals surface area contributed by atoms with E-state index in [9.17, 15) is 4.79 Å². The Balaban J connectivity index is 2.12. The summed E-state index contributed by atoms with van der Waals surface area (Å²) in [5, 5.41) is 3.09. The molecular weight excluding hydrogens is 202 g/mol. The third kappa shape index (κ3) is 5.47. The number of hydrogen-bond donors (Lipinski definition) is 2. The number of likely N-dealkylation sites (N-methyl/N-ethyl adjacent to an activating group) is 1. The van der Waals surface area contributed by atoms with Gasteiger partial charge in [-0.05, 0) is 39.8 Å². The number of hydrogen-bond acceptors (Lipinski definition) is 3. The first-order chi connectivity index (χ1) is 7.58. The third-order valence-corrected chi connectivity index (χ3v) is 3.10. The van der Waals surface area contributed by atoms with Crippen LogP contribution in [0.4, 0.5) is 0 Å². The number of rotatable bonds is 6. The molecule has 1 aliphatic carbocycles. The highest BCUT2D eigenvalue weighted by Gasteiger charge is 2.17. The van der Waals surface area contributed by atoms with Crippen molar-refractivity contribution in [1.29, 1.82) is 0 Å². The SMILES string of the molecule is CC(N)CCN(C)CC(=O)NC1CCCC1. The minimum Gasteiger partial charge on any atom is -0.352 e. The fourth-order valence-corrected chi connectivity index (χ4v) is 2.09. The van der Waals surface area contributed by atoms with E-state index >= 15 is 0 Å². The van der Waals surface area contributed by atoms with E-state index in [-0.39, 0.29) is 11.9 Å². The fraction of sp³-hybridized carbons (Fsp3) is 0.917. The van der Waals surface area contributed by atoms with Gasteiger partial charge in [0.15, 0.2) is 0 Å². The lowest BCUT2D eigenvalue weighted by Gasteiger charge is -2.19. The van der Waals surface area contributed by atoms with Gasteiger partial charge in [-0.2, -0.15) is 0 Å². The molecule has 0 aromatic rings. The summed E-state index contributed by atoms with van der Waals surface area (Å²) >= 11 is 0. The van der Waals surface area contributed by atoms with Gasteiger partial charge in [0.1, 0.15) is 0 Å². The molecule has 16 heavy (non-hydrogen) atoms. The van der Waals surface area contributed by atoms with E-state index in [0.29, 0.717) is 12.6 Å². The predicted octanol–water partition coefficient (Wildman–Crippen LogP) is 0.714. The highest BCUT2D eigenvalue weighted by atomic mass is 16.2. The molecule has 1 fully saturated rings. The summed E-state index contributed by atoms with van der Waals surface area (Å²) in [7, 11) is 1.97. The predicted molar refractivity (Wildman–Crippen MR) is 66.2 cm³/mol. The highest BCUT2D eigenvalue weighted by Crippen LogP contribution is 2.17. The lowest BCUT2D eigenvalue weighted by Crippen LogP contribution is -2.40. The normalized spacial score (nSPS) is 19.0. The molecule has 3 N–H and O–H groups in total. The molecule has 0 aromatic carbocycles. The Hall–Kier alpha value is -0.610. The van der Waals surface area contributed by atoms with Crippen LogP contribution in [0.5, 0.6) is 0 Å². The molecule has 0 radical (unpaired) electrons. The second-order valence-electron chi connectivity index (χ2n) is 5.05. The van der Waals surface area contributed by atoms with Crippen molar-refractivity contribution >= 4 is 5.91 Å². The number of nitrogens with zero attached hydrogens (tertiary/aromatic N) is 1. The molecule has 1 unspecified atom stereocenters. The van der Waals surface area contributed by atoms with Crippen LogP contribution in [0.25, 0.3) is 0 Å². The van der Waals surface area contributed by atoms with Crippen molar-refractivity contribution < 1.29 is 4.79 Å². The highest BCUT2D eigenvalue weighted by molar-refractivity contribution is 5.78. The summed E-state index contributed by atoms with van der Waals surface area (Å²) in [6.07, 6.45) is 5.74. The van der Waals surface area contributed by atoms with Crippen LogP contribution in [0.1, 0.15) is 39.0 Å². The van der Waals surface area contributed by atoms with Crippen molar-refractivity contribution in [1.82, 2.24) is 10.2 Å². The number of amides is 1. The Morgan fingerprint density at radius 3 is 2.69 bits per heavy atom. The minimum absolute atomic E-state index is 0.152. The average Bonchev–Trinajstić information content (AvgIpc) is 2.67. The van der Waals surface area contributed by atoms with Crippen LogP contribution in [-0.2, 0) is 4.79 Å². The summed E-state index contributed by atoms with van der Waals surface area (Å²) in [6.45, 7) is 3.37. The average molecular weight is 227 g/mol. The van der Waals surface area contributed by atoms with Crippen molar-refractivity contribution in [3.63, 3.8) is 0 Å². The zero-order valence-electron chi connectivity index (χ0n) is 10.5. The summed E-state index contributed by atoms with van der Waals surface area (Å²) in [6, 6.07) is 0.634. The van der Waals surface area contributed by atoms with Gasteiger partial charge >= 0.3 is 0 Å². The molecule has 0 bridgehead atoms. The van der Waals surface area contributed by atoms with Gasteiger partial charge in [0.25, 0.3) is 0 Å². The van der Waals surface area contributed by atoms with Crippen molar-refractivity contribution in [3.8, 4) is 0 Å². The molecular formula is C12H25N3O. The minimum atomic E-state index is 0.152. The Bertz CT molecular complexity index is 212. The van der Waals surface area contributed by atoms with Gasteiger partial charge in [-0.25, -0.2) is 0 Å². The first-order valence-electron chi connectivity index (χ1n) is 6.31. The second-order valence-corrected chi connectivity index (χ2v) is 5.05. The van der Waals surface area contributed by atoms with Crippen LogP contribution < -0.4 is 11.1 Å². The van der Waals surface area contributed by atoms with Gasteiger partial charge in [-0.15, -0.1) is 0 Å². The van der Waals surface area contributed by atoms with Crippen LogP contribution >= 0.6 is 0 Å². The first kappa shape index (κ1) is 13.5. The molecule has 0 aliphatic heterocycles. The Morgan fingerprint density at radius 1 is 1.50 bits per heavy atom. The summed E-state index contributed by atoms with van der Waals surface area (Å²) in [5.41, 5.74) is 5.68. The topological polar surface area (TPSA) is 58.4 Å². The number of carbonyl (C=O) groups is 1. The van der Waals surface area contributed by atoms with Crippen LogP contribution in [0.3, 0.4) is 0 Å². The monoisotopic (exact) mass is 227 g/mol. The maximum atomic E-state index is 11.7. The van der Waals surface area contributed by atoms with Crippen LogP contribution in [-0.4, -0.2) is 43.0 Å². The Kier molecular flexibility index (Phi) is 5.77. The second kappa shape index (κ2) is 6.86. The number of carbonyl (C=O) groups excluding carboxylic acids is 1. The molecule has 1 amide bonds. The van der Waals surface area contributed by atoms with Crippen molar-refractivity contribution in [3.05, 3.63) is 0 Å². The molecule has 0 aromatic heterocycles. The maximum absolute atomic E-state index is 11.7. The van der Waals surface area contributed by atoms with E-state index in [2.05, 4.69) is 5.32 Å². The van der Waals surface area contributed by atoms with Gasteiger partial charge in [0, 0.05) is 12.1 Å². The Morgan fingerprint density at radius 2 is 2.12 bits per heavy atom. The van der Waals surface area contributed by atoms with E-state index in [1.54, 1.807) is 0 Å². The molecule has 1 aliphatic rings. The van der Waals surface area contributed by atoms with Crippen molar-refractivity contribution in [2.24, 2.45) is 5.73 Å². The van der Waals surface area contributed by atoms with Gasteiger partial charge in [0.2, 0.25) is 5.91 Å². The zero-order chi connectivity index (χ0) is 12.0. The molecule has 0 saturated heterocycles. The van der Waals surface area contributed by atoms with Crippen LogP contribution in [0.15, 0.2) is 0 Å². The van der Waals surface area contributed by atoms with E-state index < -0.39 is 0 Å². The molecule has 1 rings (SSSR count). The number of nitrogens with two attached hydrogens (primary N) is 1. The summed E-state index contributed by atoms with van der Waals surface area (Å²) in [5.74, 6) is 0.152.